The monoisotopic (exact) mass is 311 g/mol. The number of carbonyl (C=O) groups excluding carboxylic acids is 3. The highest BCUT2D eigenvalue weighted by atomic mass is 32.1. The Balaban J connectivity index is 2.92. The Morgan fingerprint density at radius 1 is 1.19 bits per heavy atom. The number of hydrogen-bond acceptors (Lipinski definition) is 5. The highest BCUT2D eigenvalue weighted by Gasteiger charge is 2.25. The fourth-order valence-corrected chi connectivity index (χ4v) is 2.64. The molecule has 0 fully saturated rings. The van der Waals surface area contributed by atoms with Crippen molar-refractivity contribution < 1.29 is 19.1 Å². The Bertz CT molecular complexity index is 581. The Kier molecular flexibility index (Phi) is 5.28. The second-order valence-corrected chi connectivity index (χ2v) is 7.14. The predicted molar refractivity (Wildman–Crippen MR) is 82.8 cm³/mol. The molecule has 0 saturated carbocycles. The van der Waals surface area contributed by atoms with E-state index in [9.17, 15) is 14.4 Å². The van der Waals surface area contributed by atoms with E-state index in [4.69, 9.17) is 4.74 Å². The molecule has 21 heavy (non-hydrogen) atoms. The van der Waals surface area contributed by atoms with Crippen LogP contribution in [0.15, 0.2) is 0 Å². The molecule has 0 radical (unpaired) electrons. The van der Waals surface area contributed by atoms with Crippen LogP contribution >= 0.6 is 11.3 Å². The van der Waals surface area contributed by atoms with Gasteiger partial charge in [-0.3, -0.25) is 9.59 Å². The van der Waals surface area contributed by atoms with Gasteiger partial charge in [0.1, 0.15) is 5.00 Å². The number of rotatable bonds is 4. The lowest BCUT2D eigenvalue weighted by Gasteiger charge is -2.16. The summed E-state index contributed by atoms with van der Waals surface area (Å²) in [5.74, 6) is -0.990. The van der Waals surface area contributed by atoms with Crippen LogP contribution in [-0.4, -0.2) is 24.3 Å². The number of esters is 1. The number of anilines is 1. The van der Waals surface area contributed by atoms with E-state index in [0.717, 1.165) is 10.4 Å². The van der Waals surface area contributed by atoms with Gasteiger partial charge in [0.25, 0.3) is 0 Å². The van der Waals surface area contributed by atoms with E-state index >= 15 is 0 Å². The normalized spacial score (nSPS) is 11.1. The van der Waals surface area contributed by atoms with Crippen LogP contribution in [-0.2, 0) is 14.3 Å². The van der Waals surface area contributed by atoms with Crippen LogP contribution < -0.4 is 5.32 Å². The van der Waals surface area contributed by atoms with Crippen molar-refractivity contribution >= 4 is 34.0 Å². The zero-order valence-corrected chi connectivity index (χ0v) is 14.1. The lowest BCUT2D eigenvalue weighted by atomic mass is 9.91. The fourth-order valence-electron chi connectivity index (χ4n) is 1.54. The first-order chi connectivity index (χ1) is 9.54. The van der Waals surface area contributed by atoms with Crippen LogP contribution in [0, 0.1) is 19.3 Å². The molecule has 1 amide bonds. The molecule has 0 aliphatic rings. The van der Waals surface area contributed by atoms with Gasteiger partial charge in [0, 0.05) is 17.2 Å². The summed E-state index contributed by atoms with van der Waals surface area (Å²) >= 11 is 1.32. The summed E-state index contributed by atoms with van der Waals surface area (Å²) in [5, 5.41) is 3.09. The van der Waals surface area contributed by atoms with Gasteiger partial charge in [0.15, 0.2) is 12.4 Å². The molecule has 1 N–H and O–H groups in total. The highest BCUT2D eigenvalue weighted by Crippen LogP contribution is 2.33. The summed E-state index contributed by atoms with van der Waals surface area (Å²) in [6.45, 7) is 10.1. The van der Waals surface area contributed by atoms with E-state index in [1.54, 1.807) is 27.7 Å². The summed E-state index contributed by atoms with van der Waals surface area (Å²) in [7, 11) is 0. The molecule has 0 aromatic carbocycles. The number of hydrogen-bond donors (Lipinski definition) is 1. The lowest BCUT2D eigenvalue weighted by molar-refractivity contribution is -0.129. The van der Waals surface area contributed by atoms with Crippen molar-refractivity contribution in [3.8, 4) is 0 Å². The lowest BCUT2D eigenvalue weighted by Crippen LogP contribution is -2.26. The largest absolute Gasteiger partial charge is 0.454 e. The van der Waals surface area contributed by atoms with Crippen molar-refractivity contribution in [2.24, 2.45) is 5.41 Å². The molecule has 5 nitrogen and oxygen atoms in total. The Morgan fingerprint density at radius 3 is 2.24 bits per heavy atom. The van der Waals surface area contributed by atoms with E-state index in [1.807, 2.05) is 6.92 Å². The number of Topliss-reactive ketones (excluding diaryl/α,β-unsaturated/α-hetero) is 1. The van der Waals surface area contributed by atoms with E-state index in [1.165, 1.54) is 18.3 Å². The van der Waals surface area contributed by atoms with Gasteiger partial charge >= 0.3 is 5.97 Å². The van der Waals surface area contributed by atoms with Crippen LogP contribution in [0.1, 0.15) is 48.5 Å². The average molecular weight is 311 g/mol. The molecule has 1 heterocycles. The molecular weight excluding hydrogens is 290 g/mol. The molecule has 0 unspecified atom stereocenters. The maximum atomic E-state index is 12.2. The van der Waals surface area contributed by atoms with Gasteiger partial charge in [-0.1, -0.05) is 20.8 Å². The first-order valence-electron chi connectivity index (χ1n) is 6.62. The van der Waals surface area contributed by atoms with Crippen LogP contribution in [0.25, 0.3) is 0 Å². The van der Waals surface area contributed by atoms with E-state index in [2.05, 4.69) is 5.32 Å². The molecule has 0 aliphatic carbocycles. The summed E-state index contributed by atoms with van der Waals surface area (Å²) in [5.41, 5.74) is 0.534. The summed E-state index contributed by atoms with van der Waals surface area (Å²) < 4.78 is 5.10. The third kappa shape index (κ3) is 4.39. The highest BCUT2D eigenvalue weighted by molar-refractivity contribution is 7.16. The quantitative estimate of drug-likeness (QED) is 0.867. The average Bonchev–Trinajstić information content (AvgIpc) is 2.59. The van der Waals surface area contributed by atoms with E-state index in [0.29, 0.717) is 10.6 Å². The van der Waals surface area contributed by atoms with Crippen LogP contribution in [0.3, 0.4) is 0 Å². The number of ether oxygens (including phenoxy) is 1. The summed E-state index contributed by atoms with van der Waals surface area (Å²) in [6, 6.07) is 0. The van der Waals surface area contributed by atoms with Gasteiger partial charge in [-0.25, -0.2) is 4.79 Å². The second-order valence-electron chi connectivity index (χ2n) is 5.92. The first kappa shape index (κ1) is 17.4. The van der Waals surface area contributed by atoms with E-state index in [-0.39, 0.29) is 18.3 Å². The zero-order chi connectivity index (χ0) is 16.4. The number of ketones is 1. The van der Waals surface area contributed by atoms with Gasteiger partial charge in [0.2, 0.25) is 5.91 Å². The standard InChI is InChI=1S/C15H21NO4S/c1-8-9(2)21-13(16-10(3)17)12(8)14(19)20-7-11(18)15(4,5)6/h7H2,1-6H3,(H,16,17). The number of amides is 1. The van der Waals surface area contributed by atoms with Gasteiger partial charge in [-0.05, 0) is 19.4 Å². The minimum absolute atomic E-state index is 0.151. The van der Waals surface area contributed by atoms with Crippen molar-refractivity contribution in [3.63, 3.8) is 0 Å². The Hall–Kier alpha value is -1.69. The molecule has 1 aromatic heterocycles. The number of nitrogens with one attached hydrogen (secondary N) is 1. The van der Waals surface area contributed by atoms with Crippen molar-refractivity contribution in [2.45, 2.75) is 41.5 Å². The van der Waals surface area contributed by atoms with Crippen molar-refractivity contribution in [1.82, 2.24) is 0 Å². The molecule has 0 bridgehead atoms. The third-order valence-electron chi connectivity index (χ3n) is 3.05. The van der Waals surface area contributed by atoms with Crippen molar-refractivity contribution in [2.75, 3.05) is 11.9 Å². The molecule has 6 heteroatoms. The molecule has 0 aliphatic heterocycles. The SMILES string of the molecule is CC(=O)Nc1sc(C)c(C)c1C(=O)OCC(=O)C(C)(C)C. The van der Waals surface area contributed by atoms with Crippen LogP contribution in [0.2, 0.25) is 0 Å². The molecule has 0 saturated heterocycles. The number of aryl methyl sites for hydroxylation is 1. The van der Waals surface area contributed by atoms with E-state index < -0.39 is 11.4 Å². The molecule has 116 valence electrons. The molecule has 0 atom stereocenters. The maximum absolute atomic E-state index is 12.2. The van der Waals surface area contributed by atoms with Crippen LogP contribution in [0.4, 0.5) is 5.00 Å². The zero-order valence-electron chi connectivity index (χ0n) is 13.2. The Morgan fingerprint density at radius 2 is 1.76 bits per heavy atom. The summed E-state index contributed by atoms with van der Waals surface area (Å²) in [6.07, 6.45) is 0. The minimum atomic E-state index is -0.585. The molecule has 0 spiro atoms. The maximum Gasteiger partial charge on any atom is 0.341 e. The molecule has 1 aromatic rings. The van der Waals surface area contributed by atoms with Crippen LogP contribution in [0.5, 0.6) is 0 Å². The number of thiophene rings is 1. The van der Waals surface area contributed by atoms with Gasteiger partial charge in [0.05, 0.1) is 5.56 Å². The number of carbonyl (C=O) groups is 3. The molecular formula is C15H21NO4S. The minimum Gasteiger partial charge on any atom is -0.454 e. The van der Waals surface area contributed by atoms with Crippen molar-refractivity contribution in [1.29, 1.82) is 0 Å². The third-order valence-corrected chi connectivity index (χ3v) is 4.17. The first-order valence-corrected chi connectivity index (χ1v) is 7.43. The molecule has 1 rings (SSSR count). The second kappa shape index (κ2) is 6.39. The Labute approximate surface area is 128 Å². The fraction of sp³-hybridized carbons (Fsp3) is 0.533. The topological polar surface area (TPSA) is 72.5 Å². The van der Waals surface area contributed by atoms with Crippen molar-refractivity contribution in [3.05, 3.63) is 16.0 Å². The van der Waals surface area contributed by atoms with Gasteiger partial charge in [-0.15, -0.1) is 11.3 Å². The van der Waals surface area contributed by atoms with Gasteiger partial charge in [-0.2, -0.15) is 0 Å². The summed E-state index contributed by atoms with van der Waals surface area (Å²) in [4.78, 5) is 36.1. The smallest absolute Gasteiger partial charge is 0.341 e. The van der Waals surface area contributed by atoms with Gasteiger partial charge < -0.3 is 10.1 Å². The predicted octanol–water partition coefficient (Wildman–Crippen LogP) is 3.10.